The van der Waals surface area contributed by atoms with Crippen LogP contribution in [0.25, 0.3) is 0 Å². The summed E-state index contributed by atoms with van der Waals surface area (Å²) in [5.74, 6) is 0.122. The van der Waals surface area contributed by atoms with E-state index >= 15 is 0 Å². The lowest BCUT2D eigenvalue weighted by Gasteiger charge is -2.41. The van der Waals surface area contributed by atoms with Gasteiger partial charge in [0.2, 0.25) is 11.8 Å². The molecule has 2 aliphatic heterocycles. The summed E-state index contributed by atoms with van der Waals surface area (Å²) in [6, 6.07) is 25.7. The third kappa shape index (κ3) is 7.85. The van der Waals surface area contributed by atoms with Crippen LogP contribution in [0.1, 0.15) is 118 Å². The molecule has 1 aromatic heterocycles. The van der Waals surface area contributed by atoms with Gasteiger partial charge in [-0.1, -0.05) is 67.6 Å². The number of para-hydroxylation sites is 2. The van der Waals surface area contributed by atoms with Crippen LogP contribution >= 0.6 is 0 Å². The number of nitrogens with zero attached hydrogens (tertiary/aromatic N) is 5. The van der Waals surface area contributed by atoms with Crippen LogP contribution in [0.2, 0.25) is 0 Å². The zero-order chi connectivity index (χ0) is 37.1. The second-order valence-corrected chi connectivity index (χ2v) is 15.0. The zero-order valence-corrected chi connectivity index (χ0v) is 31.3. The first-order valence-electron chi connectivity index (χ1n) is 19.4. The summed E-state index contributed by atoms with van der Waals surface area (Å²) in [4.78, 5) is 42.5. The van der Waals surface area contributed by atoms with Crippen molar-refractivity contribution in [3.8, 4) is 0 Å². The van der Waals surface area contributed by atoms with Crippen molar-refractivity contribution in [1.82, 2.24) is 25.6 Å². The van der Waals surface area contributed by atoms with Crippen LogP contribution in [0.5, 0.6) is 0 Å². The maximum absolute atomic E-state index is 13.2. The Morgan fingerprint density at radius 1 is 0.717 bits per heavy atom. The van der Waals surface area contributed by atoms with Gasteiger partial charge in [0, 0.05) is 60.1 Å². The molecule has 0 spiro atoms. The van der Waals surface area contributed by atoms with E-state index in [1.165, 1.54) is 5.56 Å². The largest absolute Gasteiger partial charge is 0.378 e. The highest BCUT2D eigenvalue weighted by Gasteiger charge is 2.35. The summed E-state index contributed by atoms with van der Waals surface area (Å²) in [6.45, 7) is 8.59. The highest BCUT2D eigenvalue weighted by molar-refractivity contribution is 5.96. The monoisotopic (exact) mass is 716 g/mol. The highest BCUT2D eigenvalue weighted by atomic mass is 16.2. The van der Waals surface area contributed by atoms with Gasteiger partial charge >= 0.3 is 0 Å². The van der Waals surface area contributed by atoms with Gasteiger partial charge < -0.3 is 25.8 Å². The normalized spacial score (nSPS) is 23.8. The summed E-state index contributed by atoms with van der Waals surface area (Å²) >= 11 is 0. The first-order chi connectivity index (χ1) is 25.7. The molecule has 0 bridgehead atoms. The molecule has 11 heteroatoms. The number of hydrogen-bond donors (Lipinski definition) is 3. The second kappa shape index (κ2) is 15.9. The number of hydrogen-bond acceptors (Lipinski definition) is 7. The minimum Gasteiger partial charge on any atom is -0.378 e. The Labute approximate surface area is 312 Å². The quantitative estimate of drug-likeness (QED) is 0.163. The number of fused-ring (bicyclic) bond motifs is 2. The lowest BCUT2D eigenvalue weighted by atomic mass is 9.87. The van der Waals surface area contributed by atoms with Crippen LogP contribution in [-0.2, 0) is 16.1 Å². The lowest BCUT2D eigenvalue weighted by molar-refractivity contribution is -0.119. The Kier molecular flexibility index (Phi) is 10.9. The Bertz CT molecular complexity index is 1920. The molecular weight excluding hydrogens is 665 g/mol. The number of carbonyl (C=O) groups is 3. The van der Waals surface area contributed by atoms with Gasteiger partial charge in [-0.15, -0.1) is 5.10 Å². The Morgan fingerprint density at radius 2 is 1.26 bits per heavy atom. The molecule has 0 saturated heterocycles. The van der Waals surface area contributed by atoms with E-state index in [2.05, 4.69) is 88.6 Å². The molecule has 4 aromatic rings. The van der Waals surface area contributed by atoms with E-state index in [4.69, 9.17) is 0 Å². The number of carbonyl (C=O) groups excluding carboxylic acids is 3. The van der Waals surface area contributed by atoms with Crippen molar-refractivity contribution in [2.24, 2.45) is 0 Å². The van der Waals surface area contributed by atoms with Crippen molar-refractivity contribution in [1.29, 1.82) is 0 Å². The number of aromatic nitrogens is 3. The Hall–Kier alpha value is -5.03. The van der Waals surface area contributed by atoms with Gasteiger partial charge in [0.1, 0.15) is 0 Å². The van der Waals surface area contributed by atoms with Crippen molar-refractivity contribution >= 4 is 34.8 Å². The van der Waals surface area contributed by atoms with Gasteiger partial charge in [-0.2, -0.15) is 0 Å². The molecule has 3 heterocycles. The molecule has 1 fully saturated rings. The Morgan fingerprint density at radius 3 is 1.87 bits per heavy atom. The average molecular weight is 717 g/mol. The summed E-state index contributed by atoms with van der Waals surface area (Å²) < 4.78 is 1.70. The van der Waals surface area contributed by atoms with E-state index in [0.29, 0.717) is 31.1 Å². The molecule has 3 aliphatic rings. The maximum Gasteiger partial charge on any atom is 0.273 e. The fourth-order valence-electron chi connectivity index (χ4n) is 8.54. The highest BCUT2D eigenvalue weighted by Crippen LogP contribution is 2.40. The van der Waals surface area contributed by atoms with Crippen molar-refractivity contribution < 1.29 is 14.4 Å². The van der Waals surface area contributed by atoms with Crippen molar-refractivity contribution in [2.75, 3.05) is 15.1 Å². The smallest absolute Gasteiger partial charge is 0.273 e. The van der Waals surface area contributed by atoms with Crippen LogP contribution in [-0.4, -0.2) is 56.9 Å². The zero-order valence-electron chi connectivity index (χ0n) is 31.3. The first kappa shape index (κ1) is 36.3. The second-order valence-electron chi connectivity index (χ2n) is 15.0. The third-order valence-electron chi connectivity index (χ3n) is 11.2. The number of rotatable bonds is 10. The maximum atomic E-state index is 13.2. The van der Waals surface area contributed by atoms with Crippen LogP contribution in [0.4, 0.5) is 17.1 Å². The van der Waals surface area contributed by atoms with Gasteiger partial charge in [0.25, 0.3) is 5.91 Å². The van der Waals surface area contributed by atoms with Gasteiger partial charge in [0.15, 0.2) is 5.69 Å². The molecule has 11 nitrogen and oxygen atoms in total. The molecule has 0 radical (unpaired) electrons. The molecule has 53 heavy (non-hydrogen) atoms. The molecule has 1 aliphatic carbocycles. The molecule has 4 atom stereocenters. The minimum atomic E-state index is -0.191. The van der Waals surface area contributed by atoms with Crippen LogP contribution in [0.15, 0.2) is 79.0 Å². The number of benzene rings is 3. The molecule has 7 rings (SSSR count). The van der Waals surface area contributed by atoms with E-state index in [1.54, 1.807) is 10.9 Å². The lowest BCUT2D eigenvalue weighted by Crippen LogP contribution is -2.48. The SMILES string of the molecule is CCC(=O)N1c2ccccc2[C@H](Nc2ccc(Cn3cc(C(=O)NC4CCC(N[C@@H]5C[C@H](C)N(C(=O)CC)c6ccccc65)CC4)nn3)cc2)C[C@@H]1C. The van der Waals surface area contributed by atoms with Crippen LogP contribution in [0.3, 0.4) is 0 Å². The molecule has 3 aromatic carbocycles. The van der Waals surface area contributed by atoms with Crippen LogP contribution in [0, 0.1) is 0 Å². The van der Waals surface area contributed by atoms with E-state index in [9.17, 15) is 14.4 Å². The fourth-order valence-corrected chi connectivity index (χ4v) is 8.54. The fraction of sp³-hybridized carbons (Fsp3) is 0.452. The predicted octanol–water partition coefficient (Wildman–Crippen LogP) is 6.92. The summed E-state index contributed by atoms with van der Waals surface area (Å²) in [7, 11) is 0. The first-order valence-corrected chi connectivity index (χ1v) is 19.4. The van der Waals surface area contributed by atoms with Crippen molar-refractivity contribution in [2.45, 2.75) is 122 Å². The average Bonchev–Trinajstić information content (AvgIpc) is 3.64. The molecule has 1 saturated carbocycles. The number of anilines is 3. The molecule has 3 N–H and O–H groups in total. The van der Waals surface area contributed by atoms with Gasteiger partial charge in [-0.3, -0.25) is 14.4 Å². The molecular formula is C42H52N8O3. The topological polar surface area (TPSA) is 124 Å². The summed E-state index contributed by atoms with van der Waals surface area (Å²) in [5, 5.41) is 19.2. The Balaban J connectivity index is 0.895. The van der Waals surface area contributed by atoms with Crippen LogP contribution < -0.4 is 25.8 Å². The van der Waals surface area contributed by atoms with E-state index in [1.807, 2.05) is 47.9 Å². The predicted molar refractivity (Wildman–Crippen MR) is 208 cm³/mol. The van der Waals surface area contributed by atoms with Gasteiger partial charge in [-0.05, 0) is 93.3 Å². The standard InChI is InChI=1S/C42H52N8O3/c1-5-40(51)49-27(3)23-35(33-11-7-9-13-38(33)49)43-30-17-15-29(16-18-30)25-48-26-37(46-47-48)42(53)45-32-21-19-31(20-22-32)44-36-24-28(4)50(41(52)6-2)39-14-10-8-12-34(36)39/h7-18,26-28,31-32,35-36,43-44H,5-6,19-25H2,1-4H3,(H,45,53)/t27-,28-,31?,32?,35+,36+/m0/s1. The molecule has 3 amide bonds. The van der Waals surface area contributed by atoms with Gasteiger partial charge in [0.05, 0.1) is 18.8 Å². The summed E-state index contributed by atoms with van der Waals surface area (Å²) in [6.07, 6.45) is 8.12. The molecule has 278 valence electrons. The van der Waals surface area contributed by atoms with Gasteiger partial charge in [-0.25, -0.2) is 4.68 Å². The van der Waals surface area contributed by atoms with Crippen molar-refractivity contribution in [3.05, 3.63) is 101 Å². The van der Waals surface area contributed by atoms with E-state index < -0.39 is 0 Å². The number of nitrogens with one attached hydrogen (secondary N) is 3. The minimum absolute atomic E-state index is 0.0929. The van der Waals surface area contributed by atoms with Crippen molar-refractivity contribution in [3.63, 3.8) is 0 Å². The van der Waals surface area contributed by atoms with E-state index in [-0.39, 0.29) is 47.9 Å². The molecule has 0 unspecified atom stereocenters. The summed E-state index contributed by atoms with van der Waals surface area (Å²) in [5.41, 5.74) is 6.71. The third-order valence-corrected chi connectivity index (χ3v) is 11.2. The van der Waals surface area contributed by atoms with E-state index in [0.717, 1.165) is 66.7 Å². The number of amides is 3.